The van der Waals surface area contributed by atoms with Crippen molar-refractivity contribution in [2.24, 2.45) is 0 Å². The summed E-state index contributed by atoms with van der Waals surface area (Å²) in [5.41, 5.74) is 1.13. The standard InChI is InChI=1S/C23H16N4O5S/c28-21(17-9-2-3-10-18(17)27(30)31)26-23(33)25-16-8-5-7-15(13-16)24-22(29)20-12-14-6-1-4-11-19(14)32-20/h1-13H,(H,24,29)(H2,25,26,28,33). The first kappa shape index (κ1) is 21.7. The Morgan fingerprint density at radius 3 is 2.30 bits per heavy atom. The van der Waals surface area contributed by atoms with Gasteiger partial charge in [0, 0.05) is 22.8 Å². The van der Waals surface area contributed by atoms with E-state index in [1.807, 2.05) is 18.2 Å². The molecule has 0 fully saturated rings. The van der Waals surface area contributed by atoms with Crippen molar-refractivity contribution >= 4 is 57.2 Å². The van der Waals surface area contributed by atoms with Crippen molar-refractivity contribution in [1.82, 2.24) is 5.32 Å². The first-order chi connectivity index (χ1) is 15.9. The fourth-order valence-electron chi connectivity index (χ4n) is 3.12. The summed E-state index contributed by atoms with van der Waals surface area (Å²) in [4.78, 5) is 35.4. The molecule has 0 spiro atoms. The van der Waals surface area contributed by atoms with E-state index >= 15 is 0 Å². The van der Waals surface area contributed by atoms with Gasteiger partial charge in [-0.05, 0) is 48.6 Å². The van der Waals surface area contributed by atoms with Gasteiger partial charge in [0.05, 0.1) is 4.92 Å². The molecule has 4 rings (SSSR count). The van der Waals surface area contributed by atoms with Crippen LogP contribution in [0.5, 0.6) is 0 Å². The predicted octanol–water partition coefficient (Wildman–Crippen LogP) is 4.72. The molecule has 0 saturated carbocycles. The first-order valence-electron chi connectivity index (χ1n) is 9.66. The van der Waals surface area contributed by atoms with Crippen molar-refractivity contribution in [3.05, 3.63) is 100 Å². The van der Waals surface area contributed by atoms with Crippen LogP contribution in [0.15, 0.2) is 83.3 Å². The molecule has 164 valence electrons. The maximum absolute atomic E-state index is 12.5. The molecule has 9 nitrogen and oxygen atoms in total. The van der Waals surface area contributed by atoms with E-state index in [-0.39, 0.29) is 22.1 Å². The number of nitrogens with zero attached hydrogens (tertiary/aromatic N) is 1. The SMILES string of the molecule is O=C(Nc1cccc(NC(=S)NC(=O)c2ccccc2[N+](=O)[O-])c1)c1cc2ccccc2o1. The largest absolute Gasteiger partial charge is 0.451 e. The number of nitro benzene ring substituents is 1. The van der Waals surface area contributed by atoms with E-state index in [0.717, 1.165) is 5.39 Å². The lowest BCUT2D eigenvalue weighted by Gasteiger charge is -2.11. The van der Waals surface area contributed by atoms with Crippen LogP contribution < -0.4 is 16.0 Å². The molecule has 0 saturated heterocycles. The molecule has 0 aliphatic rings. The highest BCUT2D eigenvalue weighted by Gasteiger charge is 2.20. The Balaban J connectivity index is 1.41. The van der Waals surface area contributed by atoms with E-state index in [4.69, 9.17) is 16.6 Å². The lowest BCUT2D eigenvalue weighted by atomic mass is 10.1. The van der Waals surface area contributed by atoms with Crippen LogP contribution >= 0.6 is 12.2 Å². The van der Waals surface area contributed by atoms with Crippen LogP contribution in [0.4, 0.5) is 17.1 Å². The van der Waals surface area contributed by atoms with E-state index < -0.39 is 16.7 Å². The van der Waals surface area contributed by atoms with E-state index in [1.54, 1.807) is 36.4 Å². The Morgan fingerprint density at radius 2 is 1.55 bits per heavy atom. The average molecular weight is 460 g/mol. The number of nitrogens with one attached hydrogen (secondary N) is 3. The third-order valence-corrected chi connectivity index (χ3v) is 4.80. The van der Waals surface area contributed by atoms with Crippen molar-refractivity contribution in [3.8, 4) is 0 Å². The van der Waals surface area contributed by atoms with Crippen LogP contribution in [0, 0.1) is 10.1 Å². The van der Waals surface area contributed by atoms with Gasteiger partial charge < -0.3 is 15.1 Å². The number of thiocarbonyl (C=S) groups is 1. The highest BCUT2D eigenvalue weighted by Crippen LogP contribution is 2.21. The van der Waals surface area contributed by atoms with Crippen LogP contribution in [0.25, 0.3) is 11.0 Å². The number of rotatable bonds is 5. The normalized spacial score (nSPS) is 10.4. The lowest BCUT2D eigenvalue weighted by Crippen LogP contribution is -2.34. The molecule has 1 aromatic heterocycles. The van der Waals surface area contributed by atoms with Crippen molar-refractivity contribution in [2.45, 2.75) is 0 Å². The molecule has 0 radical (unpaired) electrons. The van der Waals surface area contributed by atoms with Crippen molar-refractivity contribution < 1.29 is 18.9 Å². The fraction of sp³-hybridized carbons (Fsp3) is 0. The number of hydrogen-bond donors (Lipinski definition) is 3. The zero-order chi connectivity index (χ0) is 23.4. The summed E-state index contributed by atoms with van der Waals surface area (Å²) >= 11 is 5.15. The molecule has 3 N–H and O–H groups in total. The number of fused-ring (bicyclic) bond motifs is 1. The second kappa shape index (κ2) is 9.28. The molecule has 0 atom stereocenters. The Bertz CT molecular complexity index is 1370. The molecule has 0 aliphatic carbocycles. The summed E-state index contributed by atoms with van der Waals surface area (Å²) < 4.78 is 5.57. The highest BCUT2D eigenvalue weighted by atomic mass is 32.1. The number of furan rings is 1. The van der Waals surface area contributed by atoms with Crippen molar-refractivity contribution in [2.75, 3.05) is 10.6 Å². The molecule has 3 aromatic carbocycles. The summed E-state index contributed by atoms with van der Waals surface area (Å²) in [6.07, 6.45) is 0. The zero-order valence-electron chi connectivity index (χ0n) is 16.9. The number of para-hydroxylation sites is 2. The zero-order valence-corrected chi connectivity index (χ0v) is 17.7. The second-order valence-electron chi connectivity index (χ2n) is 6.87. The number of benzene rings is 3. The second-order valence-corrected chi connectivity index (χ2v) is 7.27. The minimum Gasteiger partial charge on any atom is -0.451 e. The summed E-state index contributed by atoms with van der Waals surface area (Å²) in [6.45, 7) is 0. The lowest BCUT2D eigenvalue weighted by molar-refractivity contribution is -0.385. The molecule has 4 aromatic rings. The van der Waals surface area contributed by atoms with Gasteiger partial charge in [0.2, 0.25) is 0 Å². The maximum Gasteiger partial charge on any atom is 0.291 e. The van der Waals surface area contributed by atoms with Gasteiger partial charge in [0.15, 0.2) is 10.9 Å². The summed E-state index contributed by atoms with van der Waals surface area (Å²) in [6, 6.07) is 21.2. The van der Waals surface area contributed by atoms with E-state index in [1.165, 1.54) is 24.3 Å². The van der Waals surface area contributed by atoms with Crippen LogP contribution in [0.2, 0.25) is 0 Å². The van der Waals surface area contributed by atoms with Gasteiger partial charge in [-0.3, -0.25) is 25.0 Å². The molecule has 10 heteroatoms. The number of nitro groups is 1. The monoisotopic (exact) mass is 460 g/mol. The smallest absolute Gasteiger partial charge is 0.291 e. The van der Waals surface area contributed by atoms with Crippen molar-refractivity contribution in [3.63, 3.8) is 0 Å². The topological polar surface area (TPSA) is 127 Å². The average Bonchev–Trinajstić information content (AvgIpc) is 3.24. The molecule has 2 amide bonds. The van der Waals surface area contributed by atoms with E-state index in [0.29, 0.717) is 17.0 Å². The third-order valence-electron chi connectivity index (χ3n) is 4.60. The minimum atomic E-state index is -0.714. The van der Waals surface area contributed by atoms with E-state index in [2.05, 4.69) is 16.0 Å². The Hall–Kier alpha value is -4.57. The van der Waals surface area contributed by atoms with Gasteiger partial charge >= 0.3 is 0 Å². The molecular weight excluding hydrogens is 444 g/mol. The Labute approximate surface area is 192 Å². The van der Waals surface area contributed by atoms with Gasteiger partial charge in [-0.2, -0.15) is 0 Å². The van der Waals surface area contributed by atoms with Crippen molar-refractivity contribution in [1.29, 1.82) is 0 Å². The summed E-state index contributed by atoms with van der Waals surface area (Å²) in [5, 5.41) is 19.9. The number of hydrogen-bond acceptors (Lipinski definition) is 6. The summed E-state index contributed by atoms with van der Waals surface area (Å²) in [7, 11) is 0. The highest BCUT2D eigenvalue weighted by molar-refractivity contribution is 7.80. The number of carbonyl (C=O) groups excluding carboxylic acids is 2. The molecule has 0 aliphatic heterocycles. The maximum atomic E-state index is 12.5. The molecule has 1 heterocycles. The van der Waals surface area contributed by atoms with Crippen LogP contribution in [-0.2, 0) is 0 Å². The Morgan fingerprint density at radius 1 is 0.848 bits per heavy atom. The third kappa shape index (κ3) is 5.02. The number of carbonyl (C=O) groups is 2. The first-order valence-corrected chi connectivity index (χ1v) is 10.1. The number of amides is 2. The molecule has 0 unspecified atom stereocenters. The molecule has 33 heavy (non-hydrogen) atoms. The minimum absolute atomic E-state index is 0.0566. The van der Waals surface area contributed by atoms with Gasteiger partial charge in [-0.25, -0.2) is 0 Å². The van der Waals surface area contributed by atoms with Gasteiger partial charge in [-0.15, -0.1) is 0 Å². The predicted molar refractivity (Wildman–Crippen MR) is 127 cm³/mol. The number of anilines is 2. The van der Waals surface area contributed by atoms with Gasteiger partial charge in [0.25, 0.3) is 17.5 Å². The van der Waals surface area contributed by atoms with Crippen LogP contribution in [0.1, 0.15) is 20.9 Å². The molecule has 0 bridgehead atoms. The fourth-order valence-corrected chi connectivity index (χ4v) is 3.33. The Kier molecular flexibility index (Phi) is 6.09. The quantitative estimate of drug-likeness (QED) is 0.223. The molecular formula is C23H16N4O5S. The van der Waals surface area contributed by atoms with E-state index in [9.17, 15) is 19.7 Å². The van der Waals surface area contributed by atoms with Crippen LogP contribution in [0.3, 0.4) is 0 Å². The van der Waals surface area contributed by atoms with Crippen LogP contribution in [-0.4, -0.2) is 21.9 Å². The summed E-state index contributed by atoms with van der Waals surface area (Å²) in [5.74, 6) is -0.966. The van der Waals surface area contributed by atoms with Gasteiger partial charge in [-0.1, -0.05) is 36.4 Å². The van der Waals surface area contributed by atoms with Gasteiger partial charge in [0.1, 0.15) is 11.1 Å².